The van der Waals surface area contributed by atoms with Crippen molar-refractivity contribution in [1.29, 1.82) is 0 Å². The zero-order chi connectivity index (χ0) is 17.6. The Morgan fingerprint density at radius 1 is 1.26 bits per heavy atom. The molecule has 7 nitrogen and oxygen atoms in total. The van der Waals surface area contributed by atoms with Crippen molar-refractivity contribution in [3.8, 4) is 0 Å². The van der Waals surface area contributed by atoms with Crippen LogP contribution in [0.5, 0.6) is 0 Å². The van der Waals surface area contributed by atoms with E-state index in [0.717, 1.165) is 4.31 Å². The first-order chi connectivity index (χ1) is 10.7. The first-order valence-electron chi connectivity index (χ1n) is 6.75. The molecule has 0 aromatic heterocycles. The number of benzene rings is 1. The van der Waals surface area contributed by atoms with Gasteiger partial charge in [-0.2, -0.15) is 11.8 Å². The fraction of sp³-hybridized carbons (Fsp3) is 0.429. The van der Waals surface area contributed by atoms with E-state index in [-0.39, 0.29) is 10.5 Å². The number of sulfonamides is 1. The zero-order valence-corrected chi connectivity index (χ0v) is 14.8. The molecule has 128 valence electrons. The molecular formula is C14H20N2O5S2. The number of thioether (sulfide) groups is 1. The van der Waals surface area contributed by atoms with E-state index in [1.54, 1.807) is 0 Å². The molecule has 0 aliphatic rings. The molecule has 0 saturated heterocycles. The number of carboxylic acids is 1. The Labute approximate surface area is 140 Å². The number of carbonyl (C=O) groups is 2. The summed E-state index contributed by atoms with van der Waals surface area (Å²) in [6, 6.07) is 4.39. The summed E-state index contributed by atoms with van der Waals surface area (Å²) in [5, 5.41) is 11.5. The van der Waals surface area contributed by atoms with Gasteiger partial charge < -0.3 is 10.4 Å². The molecule has 1 atom stereocenters. The van der Waals surface area contributed by atoms with Crippen LogP contribution in [0.3, 0.4) is 0 Å². The third kappa shape index (κ3) is 5.22. The van der Waals surface area contributed by atoms with E-state index in [1.165, 1.54) is 50.1 Å². The molecule has 1 aromatic carbocycles. The average Bonchev–Trinajstić information content (AvgIpc) is 2.50. The van der Waals surface area contributed by atoms with Gasteiger partial charge in [-0.05, 0) is 42.7 Å². The van der Waals surface area contributed by atoms with Gasteiger partial charge in [0.1, 0.15) is 6.04 Å². The summed E-state index contributed by atoms with van der Waals surface area (Å²) in [6.07, 6.45) is 2.17. The molecular weight excluding hydrogens is 340 g/mol. The van der Waals surface area contributed by atoms with Crippen LogP contribution in [0.15, 0.2) is 29.2 Å². The molecule has 23 heavy (non-hydrogen) atoms. The standard InChI is InChI=1S/C14H20N2O5S2/c1-16(2)23(20,21)11-6-4-10(5-7-11)13(17)15-12(14(18)19)8-9-22-3/h4-7,12H,8-9H2,1-3H3,(H,15,17)(H,18,19)/t12-/m0/s1. The number of amides is 1. The van der Waals surface area contributed by atoms with Crippen molar-refractivity contribution in [1.82, 2.24) is 9.62 Å². The van der Waals surface area contributed by atoms with Crippen LogP contribution < -0.4 is 5.32 Å². The van der Waals surface area contributed by atoms with Crippen molar-refractivity contribution in [3.63, 3.8) is 0 Å². The first kappa shape index (κ1) is 19.5. The Morgan fingerprint density at radius 2 is 1.83 bits per heavy atom. The monoisotopic (exact) mass is 360 g/mol. The Kier molecular flexibility index (Phi) is 7.04. The number of carboxylic acid groups (broad SMARTS) is 1. The molecule has 1 aromatic rings. The van der Waals surface area contributed by atoms with Crippen LogP contribution in [0.4, 0.5) is 0 Å². The number of nitrogens with zero attached hydrogens (tertiary/aromatic N) is 1. The Hall–Kier alpha value is -1.58. The van der Waals surface area contributed by atoms with Crippen LogP contribution in [-0.2, 0) is 14.8 Å². The summed E-state index contributed by atoms with van der Waals surface area (Å²) in [7, 11) is -0.731. The van der Waals surface area contributed by atoms with Crippen LogP contribution in [0.25, 0.3) is 0 Å². The van der Waals surface area contributed by atoms with Gasteiger partial charge in [0, 0.05) is 19.7 Å². The van der Waals surface area contributed by atoms with Crippen molar-refractivity contribution in [2.45, 2.75) is 17.4 Å². The van der Waals surface area contributed by atoms with Gasteiger partial charge in [0.25, 0.3) is 5.91 Å². The maximum absolute atomic E-state index is 12.1. The molecule has 1 amide bonds. The number of nitrogens with one attached hydrogen (secondary N) is 1. The van der Waals surface area contributed by atoms with Gasteiger partial charge in [-0.15, -0.1) is 0 Å². The number of hydrogen-bond donors (Lipinski definition) is 2. The largest absolute Gasteiger partial charge is 0.480 e. The maximum atomic E-state index is 12.1. The molecule has 0 saturated carbocycles. The highest BCUT2D eigenvalue weighted by atomic mass is 32.2. The van der Waals surface area contributed by atoms with E-state index >= 15 is 0 Å². The van der Waals surface area contributed by atoms with Gasteiger partial charge in [0.05, 0.1) is 4.90 Å². The number of carbonyl (C=O) groups excluding carboxylic acids is 1. The zero-order valence-electron chi connectivity index (χ0n) is 13.1. The molecule has 0 spiro atoms. The van der Waals surface area contributed by atoms with Gasteiger partial charge in [-0.25, -0.2) is 17.5 Å². The lowest BCUT2D eigenvalue weighted by Crippen LogP contribution is -2.41. The van der Waals surface area contributed by atoms with Crippen molar-refractivity contribution >= 4 is 33.7 Å². The number of rotatable bonds is 8. The van der Waals surface area contributed by atoms with Gasteiger partial charge in [0.2, 0.25) is 10.0 Å². The van der Waals surface area contributed by atoms with Crippen LogP contribution in [0, 0.1) is 0 Å². The molecule has 9 heteroatoms. The lowest BCUT2D eigenvalue weighted by molar-refractivity contribution is -0.139. The predicted octanol–water partition coefficient (Wildman–Crippen LogP) is 0.873. The smallest absolute Gasteiger partial charge is 0.326 e. The summed E-state index contributed by atoms with van der Waals surface area (Å²) in [6.45, 7) is 0. The quantitative estimate of drug-likeness (QED) is 0.713. The Balaban J connectivity index is 2.87. The topological polar surface area (TPSA) is 104 Å². The van der Waals surface area contributed by atoms with Crippen molar-refractivity contribution < 1.29 is 23.1 Å². The molecule has 2 N–H and O–H groups in total. The lowest BCUT2D eigenvalue weighted by atomic mass is 10.1. The summed E-state index contributed by atoms with van der Waals surface area (Å²) in [5.41, 5.74) is 0.207. The average molecular weight is 360 g/mol. The van der Waals surface area contributed by atoms with Gasteiger partial charge in [-0.3, -0.25) is 4.79 Å². The molecule has 0 heterocycles. The highest BCUT2D eigenvalue weighted by molar-refractivity contribution is 7.98. The van der Waals surface area contributed by atoms with Crippen molar-refractivity contribution in [3.05, 3.63) is 29.8 Å². The minimum Gasteiger partial charge on any atom is -0.480 e. The highest BCUT2D eigenvalue weighted by Gasteiger charge is 2.21. The fourth-order valence-electron chi connectivity index (χ4n) is 1.72. The van der Waals surface area contributed by atoms with E-state index in [2.05, 4.69) is 5.32 Å². The summed E-state index contributed by atoms with van der Waals surface area (Å²) >= 11 is 1.49. The SMILES string of the molecule is CSCC[C@H](NC(=O)c1ccc(S(=O)(=O)N(C)C)cc1)C(=O)O. The second-order valence-corrected chi connectivity index (χ2v) is 8.09. The van der Waals surface area contributed by atoms with Gasteiger partial charge in [0.15, 0.2) is 0 Å². The van der Waals surface area contributed by atoms with Crippen LogP contribution in [-0.4, -0.2) is 61.9 Å². The van der Waals surface area contributed by atoms with E-state index in [0.29, 0.717) is 12.2 Å². The first-order valence-corrected chi connectivity index (χ1v) is 9.58. The lowest BCUT2D eigenvalue weighted by Gasteiger charge is -2.14. The van der Waals surface area contributed by atoms with Gasteiger partial charge in [-0.1, -0.05) is 0 Å². The third-order valence-electron chi connectivity index (χ3n) is 3.11. The van der Waals surface area contributed by atoms with Crippen LogP contribution in [0.2, 0.25) is 0 Å². The third-order valence-corrected chi connectivity index (χ3v) is 5.58. The Bertz CT molecular complexity index is 656. The second-order valence-electron chi connectivity index (χ2n) is 4.96. The van der Waals surface area contributed by atoms with Crippen LogP contribution in [0.1, 0.15) is 16.8 Å². The Morgan fingerprint density at radius 3 is 2.26 bits per heavy atom. The number of aliphatic carboxylic acids is 1. The minimum absolute atomic E-state index is 0.0659. The van der Waals surface area contributed by atoms with E-state index in [9.17, 15) is 18.0 Å². The van der Waals surface area contributed by atoms with E-state index in [1.807, 2.05) is 6.26 Å². The van der Waals surface area contributed by atoms with E-state index in [4.69, 9.17) is 5.11 Å². The number of hydrogen-bond acceptors (Lipinski definition) is 5. The summed E-state index contributed by atoms with van der Waals surface area (Å²) in [4.78, 5) is 23.3. The van der Waals surface area contributed by atoms with Gasteiger partial charge >= 0.3 is 5.97 Å². The fourth-order valence-corrected chi connectivity index (χ4v) is 3.10. The molecule has 0 aliphatic carbocycles. The van der Waals surface area contributed by atoms with E-state index < -0.39 is 27.9 Å². The van der Waals surface area contributed by atoms with Crippen molar-refractivity contribution in [2.24, 2.45) is 0 Å². The maximum Gasteiger partial charge on any atom is 0.326 e. The molecule has 1 rings (SSSR count). The predicted molar refractivity (Wildman–Crippen MR) is 89.2 cm³/mol. The molecule has 0 bridgehead atoms. The molecule has 0 aliphatic heterocycles. The molecule has 0 fully saturated rings. The minimum atomic E-state index is -3.56. The van der Waals surface area contributed by atoms with Crippen LogP contribution >= 0.6 is 11.8 Å². The normalized spacial score (nSPS) is 12.9. The molecule has 0 unspecified atom stereocenters. The summed E-state index contributed by atoms with van der Waals surface area (Å²) in [5.74, 6) is -1.04. The summed E-state index contributed by atoms with van der Waals surface area (Å²) < 4.78 is 25.0. The van der Waals surface area contributed by atoms with Crippen molar-refractivity contribution in [2.75, 3.05) is 26.1 Å². The molecule has 0 radical (unpaired) electrons. The second kappa shape index (κ2) is 8.32. The highest BCUT2D eigenvalue weighted by Crippen LogP contribution is 2.14.